The van der Waals surface area contributed by atoms with Gasteiger partial charge in [0.1, 0.15) is 16.9 Å². The number of aryl methyl sites for hydroxylation is 3. The van der Waals surface area contributed by atoms with E-state index in [4.69, 9.17) is 8.83 Å². The van der Waals surface area contributed by atoms with E-state index in [9.17, 15) is 23.1 Å². The Hall–Kier alpha value is -2.65. The molecular formula is C21H23NO7S. The largest absolute Gasteiger partial charge is 0.461 e. The molecule has 9 heteroatoms. The second-order valence-electron chi connectivity index (χ2n) is 7.94. The van der Waals surface area contributed by atoms with Gasteiger partial charge in [-0.1, -0.05) is 0 Å². The number of sulfone groups is 1. The van der Waals surface area contributed by atoms with Crippen LogP contribution in [0.3, 0.4) is 0 Å². The standard InChI is InChI=1S/C21H23NO7S/c1-10-12(3)28-18-7-19-15(6-14(10)18)11(2)13(21(25)29-19)4-5-20(24)22-16-8-30(26,27)9-17(16)23/h6-7,16-17,23H,4-5,8-9H2,1-3H3,(H,22,24)/t16-,17+/m0/s1. The maximum absolute atomic E-state index is 12.5. The van der Waals surface area contributed by atoms with E-state index in [2.05, 4.69) is 5.32 Å². The molecule has 160 valence electrons. The van der Waals surface area contributed by atoms with Gasteiger partial charge in [-0.25, -0.2) is 13.2 Å². The molecule has 1 aromatic carbocycles. The maximum atomic E-state index is 12.5. The summed E-state index contributed by atoms with van der Waals surface area (Å²) in [4.78, 5) is 24.8. The van der Waals surface area contributed by atoms with Gasteiger partial charge in [0.2, 0.25) is 5.91 Å². The van der Waals surface area contributed by atoms with Gasteiger partial charge in [0.25, 0.3) is 0 Å². The molecule has 2 atom stereocenters. The molecule has 4 rings (SSSR count). The number of amides is 1. The predicted molar refractivity (Wildman–Crippen MR) is 111 cm³/mol. The molecule has 1 aliphatic rings. The molecule has 2 N–H and O–H groups in total. The molecule has 1 aliphatic heterocycles. The van der Waals surface area contributed by atoms with Crippen molar-refractivity contribution in [2.24, 2.45) is 0 Å². The first kappa shape index (κ1) is 20.6. The van der Waals surface area contributed by atoms with E-state index in [0.29, 0.717) is 16.7 Å². The average Bonchev–Trinajstić information content (AvgIpc) is 3.07. The number of carbonyl (C=O) groups excluding carboxylic acids is 1. The minimum atomic E-state index is -3.35. The highest BCUT2D eigenvalue weighted by molar-refractivity contribution is 7.91. The van der Waals surface area contributed by atoms with E-state index in [0.717, 1.165) is 27.7 Å². The fourth-order valence-corrected chi connectivity index (χ4v) is 5.74. The van der Waals surface area contributed by atoms with E-state index >= 15 is 0 Å². The van der Waals surface area contributed by atoms with Crippen molar-refractivity contribution < 1.29 is 27.2 Å². The van der Waals surface area contributed by atoms with E-state index in [1.54, 1.807) is 6.07 Å². The van der Waals surface area contributed by atoms with Crippen LogP contribution < -0.4 is 10.9 Å². The lowest BCUT2D eigenvalue weighted by atomic mass is 10.00. The highest BCUT2D eigenvalue weighted by atomic mass is 32.2. The molecule has 30 heavy (non-hydrogen) atoms. The molecule has 8 nitrogen and oxygen atoms in total. The summed E-state index contributed by atoms with van der Waals surface area (Å²) in [7, 11) is -3.35. The second kappa shape index (κ2) is 7.24. The minimum absolute atomic E-state index is 0.0214. The number of nitrogens with one attached hydrogen (secondary N) is 1. The van der Waals surface area contributed by atoms with Crippen molar-refractivity contribution >= 4 is 37.7 Å². The van der Waals surface area contributed by atoms with Crippen LogP contribution in [0.25, 0.3) is 21.9 Å². The van der Waals surface area contributed by atoms with Crippen molar-refractivity contribution in [2.45, 2.75) is 45.8 Å². The first-order valence-electron chi connectivity index (χ1n) is 9.69. The van der Waals surface area contributed by atoms with Crippen LogP contribution in [-0.4, -0.2) is 43.1 Å². The quantitative estimate of drug-likeness (QED) is 0.599. The smallest absolute Gasteiger partial charge is 0.339 e. The van der Waals surface area contributed by atoms with Crippen LogP contribution in [0.15, 0.2) is 25.8 Å². The Kier molecular flexibility index (Phi) is 4.98. The van der Waals surface area contributed by atoms with Crippen LogP contribution in [0.4, 0.5) is 0 Å². The minimum Gasteiger partial charge on any atom is -0.461 e. The fraction of sp³-hybridized carbons (Fsp3) is 0.429. The summed E-state index contributed by atoms with van der Waals surface area (Å²) in [6.45, 7) is 5.65. The Morgan fingerprint density at radius 3 is 2.43 bits per heavy atom. The highest BCUT2D eigenvalue weighted by Crippen LogP contribution is 2.31. The van der Waals surface area contributed by atoms with Gasteiger partial charge in [0.05, 0.1) is 23.7 Å². The summed E-state index contributed by atoms with van der Waals surface area (Å²) in [6, 6.07) is 2.81. The lowest BCUT2D eigenvalue weighted by molar-refractivity contribution is -0.122. The Bertz CT molecular complexity index is 1330. The molecular weight excluding hydrogens is 410 g/mol. The molecule has 2 aromatic heterocycles. The number of rotatable bonds is 4. The van der Waals surface area contributed by atoms with Crippen LogP contribution >= 0.6 is 0 Å². The van der Waals surface area contributed by atoms with Crippen LogP contribution in [0.2, 0.25) is 0 Å². The number of carbonyl (C=O) groups is 1. The predicted octanol–water partition coefficient (Wildman–Crippen LogP) is 1.67. The average molecular weight is 433 g/mol. The van der Waals surface area contributed by atoms with Crippen LogP contribution in [-0.2, 0) is 21.1 Å². The van der Waals surface area contributed by atoms with Gasteiger partial charge in [0.15, 0.2) is 9.84 Å². The van der Waals surface area contributed by atoms with Crippen molar-refractivity contribution in [3.8, 4) is 0 Å². The van der Waals surface area contributed by atoms with Gasteiger partial charge >= 0.3 is 5.63 Å². The van der Waals surface area contributed by atoms with Crippen molar-refractivity contribution in [3.63, 3.8) is 0 Å². The van der Waals surface area contributed by atoms with Crippen LogP contribution in [0.5, 0.6) is 0 Å². The Balaban J connectivity index is 1.58. The first-order valence-corrected chi connectivity index (χ1v) is 11.5. The number of aliphatic hydroxyl groups is 1. The monoisotopic (exact) mass is 433 g/mol. The molecule has 0 saturated carbocycles. The lowest BCUT2D eigenvalue weighted by Crippen LogP contribution is -2.42. The normalized spacial score (nSPS) is 20.8. The zero-order chi connectivity index (χ0) is 21.8. The number of hydrogen-bond donors (Lipinski definition) is 2. The molecule has 0 radical (unpaired) electrons. The van der Waals surface area contributed by atoms with Gasteiger partial charge in [-0.3, -0.25) is 4.79 Å². The molecule has 0 aliphatic carbocycles. The second-order valence-corrected chi connectivity index (χ2v) is 10.1. The summed E-state index contributed by atoms with van der Waals surface area (Å²) in [5.41, 5.74) is 2.70. The molecule has 0 bridgehead atoms. The summed E-state index contributed by atoms with van der Waals surface area (Å²) < 4.78 is 34.3. The van der Waals surface area contributed by atoms with E-state index in [-0.39, 0.29) is 24.3 Å². The summed E-state index contributed by atoms with van der Waals surface area (Å²) in [6.07, 6.45) is -0.991. The SMILES string of the molecule is Cc1oc2cc3oc(=O)c(CCC(=O)N[C@H]4CS(=O)(=O)C[C@H]4O)c(C)c3cc2c1C. The Labute approximate surface area is 172 Å². The number of fused-ring (bicyclic) bond motifs is 2. The van der Waals surface area contributed by atoms with Crippen LogP contribution in [0.1, 0.15) is 28.9 Å². The Morgan fingerprint density at radius 1 is 1.10 bits per heavy atom. The summed E-state index contributed by atoms with van der Waals surface area (Å²) in [5.74, 6) is -0.261. The molecule has 1 amide bonds. The number of hydrogen-bond acceptors (Lipinski definition) is 7. The van der Waals surface area contributed by atoms with Gasteiger partial charge in [-0.2, -0.15) is 0 Å². The zero-order valence-corrected chi connectivity index (χ0v) is 17.8. The highest BCUT2D eigenvalue weighted by Gasteiger charge is 2.37. The van der Waals surface area contributed by atoms with Crippen molar-refractivity contribution in [2.75, 3.05) is 11.5 Å². The van der Waals surface area contributed by atoms with E-state index < -0.39 is 33.5 Å². The molecule has 3 heterocycles. The van der Waals surface area contributed by atoms with E-state index in [1.807, 2.05) is 26.8 Å². The molecule has 0 spiro atoms. The van der Waals surface area contributed by atoms with Gasteiger partial charge in [0, 0.05) is 28.8 Å². The molecule has 1 fully saturated rings. The summed E-state index contributed by atoms with van der Waals surface area (Å²) >= 11 is 0. The summed E-state index contributed by atoms with van der Waals surface area (Å²) in [5, 5.41) is 14.1. The first-order chi connectivity index (χ1) is 14.1. The Morgan fingerprint density at radius 2 is 1.77 bits per heavy atom. The number of aliphatic hydroxyl groups excluding tert-OH is 1. The third-order valence-corrected chi connectivity index (χ3v) is 7.57. The fourth-order valence-electron chi connectivity index (χ4n) is 4.00. The topological polar surface area (TPSA) is 127 Å². The maximum Gasteiger partial charge on any atom is 0.339 e. The number of benzene rings is 1. The van der Waals surface area contributed by atoms with Gasteiger partial charge in [-0.05, 0) is 44.4 Å². The number of furan rings is 1. The third kappa shape index (κ3) is 3.63. The van der Waals surface area contributed by atoms with Gasteiger partial charge in [-0.15, -0.1) is 0 Å². The van der Waals surface area contributed by atoms with Gasteiger partial charge < -0.3 is 19.3 Å². The van der Waals surface area contributed by atoms with Crippen molar-refractivity contribution in [3.05, 3.63) is 45.0 Å². The molecule has 3 aromatic rings. The molecule has 0 unspecified atom stereocenters. The third-order valence-electron chi connectivity index (χ3n) is 5.85. The van der Waals surface area contributed by atoms with Crippen molar-refractivity contribution in [1.29, 1.82) is 0 Å². The molecule has 1 saturated heterocycles. The van der Waals surface area contributed by atoms with Crippen LogP contribution in [0, 0.1) is 20.8 Å². The zero-order valence-electron chi connectivity index (χ0n) is 16.9. The van der Waals surface area contributed by atoms with Crippen molar-refractivity contribution in [1.82, 2.24) is 5.32 Å². The lowest BCUT2D eigenvalue weighted by Gasteiger charge is -2.15. The van der Waals surface area contributed by atoms with E-state index in [1.165, 1.54) is 0 Å².